The van der Waals surface area contributed by atoms with Gasteiger partial charge in [-0.25, -0.2) is 9.97 Å². The third-order valence-electron chi connectivity index (χ3n) is 3.44. The summed E-state index contributed by atoms with van der Waals surface area (Å²) >= 11 is 1.71. The molecule has 0 fully saturated rings. The summed E-state index contributed by atoms with van der Waals surface area (Å²) in [6.45, 7) is 3.80. The molecule has 0 aliphatic heterocycles. The van der Waals surface area contributed by atoms with Crippen LogP contribution in [0.25, 0.3) is 21.8 Å². The molecule has 0 spiro atoms. The maximum Gasteiger partial charge on any atom is 0.223 e. The van der Waals surface area contributed by atoms with E-state index in [1.54, 1.807) is 29.9 Å². The van der Waals surface area contributed by atoms with Gasteiger partial charge in [0.2, 0.25) is 5.95 Å². The van der Waals surface area contributed by atoms with Gasteiger partial charge in [-0.3, -0.25) is 9.97 Å². The van der Waals surface area contributed by atoms with E-state index in [1.807, 2.05) is 20.3 Å². The molecule has 3 aromatic rings. The van der Waals surface area contributed by atoms with E-state index in [0.717, 1.165) is 34.9 Å². The Hall–Kier alpha value is -2.38. The Kier molecular flexibility index (Phi) is 5.12. The van der Waals surface area contributed by atoms with E-state index >= 15 is 0 Å². The van der Waals surface area contributed by atoms with Crippen molar-refractivity contribution >= 4 is 17.3 Å². The van der Waals surface area contributed by atoms with Gasteiger partial charge in [0.15, 0.2) is 0 Å². The van der Waals surface area contributed by atoms with Gasteiger partial charge in [0.25, 0.3) is 0 Å². The van der Waals surface area contributed by atoms with Gasteiger partial charge in [0.05, 0.1) is 22.5 Å². The van der Waals surface area contributed by atoms with Gasteiger partial charge >= 0.3 is 0 Å². The van der Waals surface area contributed by atoms with Crippen LogP contribution >= 0.6 is 11.3 Å². The smallest absolute Gasteiger partial charge is 0.223 e. The molecule has 7 heteroatoms. The Balaban J connectivity index is 1.97. The first kappa shape index (κ1) is 16.5. The van der Waals surface area contributed by atoms with Gasteiger partial charge in [0, 0.05) is 42.1 Å². The van der Waals surface area contributed by atoms with Crippen LogP contribution in [0.3, 0.4) is 0 Å². The van der Waals surface area contributed by atoms with E-state index < -0.39 is 0 Å². The summed E-state index contributed by atoms with van der Waals surface area (Å²) in [4.78, 5) is 22.2. The number of aryl methyl sites for hydroxylation is 1. The molecular weight excluding hydrogens is 320 g/mol. The van der Waals surface area contributed by atoms with Crippen LogP contribution in [-0.4, -0.2) is 52.0 Å². The quantitative estimate of drug-likeness (QED) is 0.744. The van der Waals surface area contributed by atoms with E-state index in [4.69, 9.17) is 4.98 Å². The molecule has 0 amide bonds. The number of hydrogen-bond acceptors (Lipinski definition) is 7. The van der Waals surface area contributed by atoms with Gasteiger partial charge in [0.1, 0.15) is 0 Å². The number of aromatic nitrogens is 4. The van der Waals surface area contributed by atoms with Crippen molar-refractivity contribution in [2.45, 2.75) is 6.92 Å². The Labute approximate surface area is 145 Å². The van der Waals surface area contributed by atoms with Crippen LogP contribution < -0.4 is 5.32 Å². The Morgan fingerprint density at radius 2 is 2.00 bits per heavy atom. The summed E-state index contributed by atoms with van der Waals surface area (Å²) in [6.07, 6.45) is 6.90. The molecule has 0 unspecified atom stereocenters. The highest BCUT2D eigenvalue weighted by Crippen LogP contribution is 2.33. The van der Waals surface area contributed by atoms with Gasteiger partial charge in [-0.1, -0.05) is 0 Å². The van der Waals surface area contributed by atoms with Crippen LogP contribution in [0.15, 0.2) is 36.9 Å². The van der Waals surface area contributed by atoms with Crippen LogP contribution in [0.2, 0.25) is 0 Å². The Bertz CT molecular complexity index is 800. The molecule has 0 saturated carbocycles. The molecule has 0 radical (unpaired) electrons. The van der Waals surface area contributed by atoms with Crippen LogP contribution in [0.4, 0.5) is 5.95 Å². The fraction of sp³-hybridized carbons (Fsp3) is 0.294. The summed E-state index contributed by atoms with van der Waals surface area (Å²) in [5.41, 5.74) is 2.55. The molecule has 0 aliphatic carbocycles. The third-order valence-corrected chi connectivity index (χ3v) is 4.45. The zero-order valence-corrected chi connectivity index (χ0v) is 14.8. The van der Waals surface area contributed by atoms with Crippen molar-refractivity contribution in [1.29, 1.82) is 0 Å². The zero-order chi connectivity index (χ0) is 16.9. The lowest BCUT2D eigenvalue weighted by Crippen LogP contribution is -2.21. The second-order valence-electron chi connectivity index (χ2n) is 5.69. The number of thiophene rings is 1. The van der Waals surface area contributed by atoms with Crippen molar-refractivity contribution in [3.05, 3.63) is 41.8 Å². The molecule has 124 valence electrons. The molecule has 1 N–H and O–H groups in total. The van der Waals surface area contributed by atoms with E-state index in [-0.39, 0.29) is 0 Å². The first-order chi connectivity index (χ1) is 11.6. The maximum absolute atomic E-state index is 4.73. The highest BCUT2D eigenvalue weighted by atomic mass is 32.1. The minimum atomic E-state index is 0.630. The largest absolute Gasteiger partial charge is 0.353 e. The minimum Gasteiger partial charge on any atom is -0.353 e. The molecule has 0 bridgehead atoms. The monoisotopic (exact) mass is 340 g/mol. The number of nitrogens with zero attached hydrogens (tertiary/aromatic N) is 5. The van der Waals surface area contributed by atoms with E-state index in [2.05, 4.69) is 44.2 Å². The van der Waals surface area contributed by atoms with Crippen molar-refractivity contribution in [2.24, 2.45) is 0 Å². The van der Waals surface area contributed by atoms with E-state index in [9.17, 15) is 0 Å². The zero-order valence-electron chi connectivity index (χ0n) is 14.0. The van der Waals surface area contributed by atoms with Crippen molar-refractivity contribution in [1.82, 2.24) is 24.8 Å². The fourth-order valence-electron chi connectivity index (χ4n) is 2.23. The summed E-state index contributed by atoms with van der Waals surface area (Å²) in [5, 5.41) is 3.28. The third kappa shape index (κ3) is 3.93. The molecule has 24 heavy (non-hydrogen) atoms. The molecule has 3 heterocycles. The number of hydrogen-bond donors (Lipinski definition) is 1. The molecule has 0 atom stereocenters. The molecule has 3 rings (SSSR count). The summed E-state index contributed by atoms with van der Waals surface area (Å²) < 4.78 is 0. The molecule has 0 aliphatic rings. The predicted octanol–water partition coefficient (Wildman–Crippen LogP) is 2.94. The summed E-state index contributed by atoms with van der Waals surface area (Å²) in [5.74, 6) is 0.630. The minimum absolute atomic E-state index is 0.630. The number of rotatable bonds is 6. The molecular formula is C17H20N6S. The van der Waals surface area contributed by atoms with Gasteiger partial charge in [-0.15, -0.1) is 11.3 Å². The lowest BCUT2D eigenvalue weighted by atomic mass is 10.1. The number of likely N-dealkylation sites (N-methyl/N-ethyl adjacent to an activating group) is 1. The molecule has 0 saturated heterocycles. The van der Waals surface area contributed by atoms with Crippen molar-refractivity contribution in [2.75, 3.05) is 32.5 Å². The lowest BCUT2D eigenvalue weighted by molar-refractivity contribution is 0.425. The normalized spacial score (nSPS) is 11.0. The van der Waals surface area contributed by atoms with E-state index in [0.29, 0.717) is 5.95 Å². The number of anilines is 1. The Morgan fingerprint density at radius 1 is 1.12 bits per heavy atom. The first-order valence-electron chi connectivity index (χ1n) is 7.72. The fourth-order valence-corrected chi connectivity index (χ4v) is 3.10. The predicted molar refractivity (Wildman–Crippen MR) is 98.2 cm³/mol. The van der Waals surface area contributed by atoms with Crippen molar-refractivity contribution in [3.63, 3.8) is 0 Å². The highest BCUT2D eigenvalue weighted by Gasteiger charge is 2.14. The van der Waals surface area contributed by atoms with Gasteiger partial charge in [-0.05, 0) is 33.2 Å². The van der Waals surface area contributed by atoms with Gasteiger partial charge < -0.3 is 10.2 Å². The summed E-state index contributed by atoms with van der Waals surface area (Å²) in [7, 11) is 4.08. The van der Waals surface area contributed by atoms with Crippen LogP contribution in [0.1, 0.15) is 4.88 Å². The van der Waals surface area contributed by atoms with Crippen LogP contribution in [0.5, 0.6) is 0 Å². The molecule has 3 aromatic heterocycles. The highest BCUT2D eigenvalue weighted by molar-refractivity contribution is 7.15. The SMILES string of the molecule is Cc1ccc(-c2nc(NCCN(C)C)ncc2-c2cnccn2)s1. The molecule has 0 aromatic carbocycles. The number of nitrogens with one attached hydrogen (secondary N) is 1. The topological polar surface area (TPSA) is 66.8 Å². The maximum atomic E-state index is 4.73. The van der Waals surface area contributed by atoms with Crippen molar-refractivity contribution in [3.8, 4) is 21.8 Å². The first-order valence-corrected chi connectivity index (χ1v) is 8.54. The van der Waals surface area contributed by atoms with Crippen LogP contribution in [0, 0.1) is 6.92 Å². The average molecular weight is 340 g/mol. The van der Waals surface area contributed by atoms with Crippen LogP contribution in [-0.2, 0) is 0 Å². The second kappa shape index (κ2) is 7.46. The second-order valence-corrected chi connectivity index (χ2v) is 6.97. The lowest BCUT2D eigenvalue weighted by Gasteiger charge is -2.12. The van der Waals surface area contributed by atoms with E-state index in [1.165, 1.54) is 4.88 Å². The summed E-state index contributed by atoms with van der Waals surface area (Å²) in [6, 6.07) is 4.19. The average Bonchev–Trinajstić information content (AvgIpc) is 3.02. The molecule has 6 nitrogen and oxygen atoms in total. The van der Waals surface area contributed by atoms with Crippen molar-refractivity contribution < 1.29 is 0 Å². The Morgan fingerprint density at radius 3 is 2.67 bits per heavy atom. The standard InChI is InChI=1S/C17H20N6S/c1-12-4-5-15(24-12)16-13(14-11-18-6-7-19-14)10-21-17(22-16)20-8-9-23(2)3/h4-7,10-11H,8-9H2,1-3H3,(H,20,21,22). The van der Waals surface area contributed by atoms with Gasteiger partial charge in [-0.2, -0.15) is 0 Å².